The van der Waals surface area contributed by atoms with Gasteiger partial charge in [-0.05, 0) is 18.6 Å². The molecule has 0 aliphatic carbocycles. The van der Waals surface area contributed by atoms with Gasteiger partial charge in [0.25, 0.3) is 0 Å². The first-order chi connectivity index (χ1) is 11.7. The average molecular weight is 342 g/mol. The molecule has 1 aromatic carbocycles. The summed E-state index contributed by atoms with van der Waals surface area (Å²) in [6.07, 6.45) is 3.68. The monoisotopic (exact) mass is 342 g/mol. The number of likely N-dealkylation sites (N-methyl/N-ethyl adjacent to an activating group) is 1. The second-order valence-corrected chi connectivity index (χ2v) is 6.98. The molecule has 2 heterocycles. The minimum Gasteiger partial charge on any atom is -0.350 e. The molecule has 0 saturated heterocycles. The van der Waals surface area contributed by atoms with E-state index in [0.717, 1.165) is 40.7 Å². The number of fused-ring (bicyclic) bond motifs is 1. The van der Waals surface area contributed by atoms with Crippen LogP contribution in [0, 0.1) is 0 Å². The Labute approximate surface area is 147 Å². The molecular formula is C18H22N4OS. The topological polar surface area (TPSA) is 49.3 Å². The number of hydrogen-bond acceptors (Lipinski definition) is 5. The fraction of sp³-hybridized carbons (Fsp3) is 0.389. The zero-order valence-electron chi connectivity index (χ0n) is 14.1. The van der Waals surface area contributed by atoms with Crippen LogP contribution < -0.4 is 4.90 Å². The molecule has 0 unspecified atom stereocenters. The predicted octanol–water partition coefficient (Wildman–Crippen LogP) is 3.21. The van der Waals surface area contributed by atoms with Crippen LogP contribution in [0.3, 0.4) is 0 Å². The van der Waals surface area contributed by atoms with Crippen molar-refractivity contribution in [3.05, 3.63) is 42.2 Å². The molecule has 24 heavy (non-hydrogen) atoms. The van der Waals surface area contributed by atoms with E-state index in [1.54, 1.807) is 18.1 Å². The van der Waals surface area contributed by atoms with Gasteiger partial charge < -0.3 is 9.80 Å². The van der Waals surface area contributed by atoms with Crippen LogP contribution in [-0.2, 0) is 11.3 Å². The summed E-state index contributed by atoms with van der Waals surface area (Å²) in [6.45, 7) is 3.87. The van der Waals surface area contributed by atoms with Gasteiger partial charge >= 0.3 is 0 Å². The van der Waals surface area contributed by atoms with Crippen LogP contribution in [0.15, 0.2) is 46.6 Å². The number of amides is 1. The normalized spacial score (nSPS) is 14.5. The second-order valence-electron chi connectivity index (χ2n) is 5.92. The Morgan fingerprint density at radius 1 is 1.17 bits per heavy atom. The van der Waals surface area contributed by atoms with Crippen molar-refractivity contribution in [2.24, 2.45) is 0 Å². The van der Waals surface area contributed by atoms with Crippen molar-refractivity contribution in [3.8, 4) is 0 Å². The molecule has 1 aromatic heterocycles. The van der Waals surface area contributed by atoms with Gasteiger partial charge in [0.2, 0.25) is 5.91 Å². The van der Waals surface area contributed by atoms with Gasteiger partial charge in [0.1, 0.15) is 17.2 Å². The lowest BCUT2D eigenvalue weighted by atomic mass is 10.2. The van der Waals surface area contributed by atoms with E-state index in [0.29, 0.717) is 13.1 Å². The highest BCUT2D eigenvalue weighted by Crippen LogP contribution is 2.34. The number of rotatable bonds is 5. The lowest BCUT2D eigenvalue weighted by Gasteiger charge is -2.20. The van der Waals surface area contributed by atoms with Gasteiger partial charge in [0, 0.05) is 24.1 Å². The molecule has 0 radical (unpaired) electrons. The molecule has 6 heteroatoms. The Balaban J connectivity index is 1.94. The summed E-state index contributed by atoms with van der Waals surface area (Å²) in [7, 11) is 1.92. The maximum Gasteiger partial charge on any atom is 0.242 e. The summed E-state index contributed by atoms with van der Waals surface area (Å²) in [4.78, 5) is 26.4. The molecule has 5 nitrogen and oxygen atoms in total. The Kier molecular flexibility index (Phi) is 5.35. The van der Waals surface area contributed by atoms with Crippen molar-refractivity contribution in [2.45, 2.75) is 36.2 Å². The molecule has 0 atom stereocenters. The minimum absolute atomic E-state index is 0.152. The molecule has 1 amide bonds. The molecule has 3 rings (SSSR count). The first-order valence-electron chi connectivity index (χ1n) is 8.24. The first-order valence-corrected chi connectivity index (χ1v) is 9.06. The Bertz CT molecular complexity index is 707. The number of carbonyl (C=O) groups is 1. The molecule has 0 spiro atoms. The fourth-order valence-electron chi connectivity index (χ4n) is 2.75. The molecule has 1 aliphatic heterocycles. The van der Waals surface area contributed by atoms with Crippen molar-refractivity contribution in [1.82, 2.24) is 14.9 Å². The van der Waals surface area contributed by atoms with Crippen LogP contribution in [0.2, 0.25) is 0 Å². The second kappa shape index (κ2) is 7.66. The van der Waals surface area contributed by atoms with E-state index in [1.165, 1.54) is 0 Å². The lowest BCUT2D eigenvalue weighted by Crippen LogP contribution is -2.36. The van der Waals surface area contributed by atoms with E-state index in [4.69, 9.17) is 0 Å². The third-order valence-electron chi connectivity index (χ3n) is 4.06. The van der Waals surface area contributed by atoms with Crippen molar-refractivity contribution in [3.63, 3.8) is 0 Å². The zero-order chi connectivity index (χ0) is 16.9. The largest absolute Gasteiger partial charge is 0.350 e. The van der Waals surface area contributed by atoms with Crippen molar-refractivity contribution in [2.75, 3.05) is 25.0 Å². The summed E-state index contributed by atoms with van der Waals surface area (Å²) in [5.41, 5.74) is 1.04. The summed E-state index contributed by atoms with van der Waals surface area (Å²) in [5, 5.41) is 0.925. The third kappa shape index (κ3) is 3.70. The van der Waals surface area contributed by atoms with E-state index in [1.807, 2.05) is 35.0 Å². The van der Waals surface area contributed by atoms with E-state index >= 15 is 0 Å². The molecule has 126 valence electrons. The highest BCUT2D eigenvalue weighted by atomic mass is 32.2. The number of nitrogens with zero attached hydrogens (tertiary/aromatic N) is 4. The van der Waals surface area contributed by atoms with Crippen molar-refractivity contribution < 1.29 is 4.79 Å². The molecule has 0 bridgehead atoms. The standard InChI is InChI=1S/C18H22N4OS/c1-3-4-10-22-11-15-17(21(2)12-16(22)23)19-13-20-18(15)24-14-8-6-5-7-9-14/h5-9,13H,3-4,10-12H2,1-2H3. The molecule has 0 fully saturated rings. The number of unbranched alkanes of at least 4 members (excludes halogenated alkanes) is 1. The van der Waals surface area contributed by atoms with E-state index in [2.05, 4.69) is 29.0 Å². The summed E-state index contributed by atoms with van der Waals surface area (Å²) in [6, 6.07) is 10.2. The van der Waals surface area contributed by atoms with Crippen LogP contribution in [0.4, 0.5) is 5.82 Å². The Hall–Kier alpha value is -2.08. The quantitative estimate of drug-likeness (QED) is 0.781. The van der Waals surface area contributed by atoms with Crippen molar-refractivity contribution >= 4 is 23.5 Å². The van der Waals surface area contributed by atoms with Crippen LogP contribution in [0.25, 0.3) is 0 Å². The highest BCUT2D eigenvalue weighted by Gasteiger charge is 2.26. The average Bonchev–Trinajstić information content (AvgIpc) is 2.71. The smallest absolute Gasteiger partial charge is 0.242 e. The molecule has 0 N–H and O–H groups in total. The van der Waals surface area contributed by atoms with Gasteiger partial charge in [-0.15, -0.1) is 0 Å². The Morgan fingerprint density at radius 3 is 2.71 bits per heavy atom. The SMILES string of the molecule is CCCCN1Cc2c(Sc3ccccc3)ncnc2N(C)CC1=O. The lowest BCUT2D eigenvalue weighted by molar-refractivity contribution is -0.130. The highest BCUT2D eigenvalue weighted by molar-refractivity contribution is 7.99. The van der Waals surface area contributed by atoms with Gasteiger partial charge in [-0.25, -0.2) is 9.97 Å². The van der Waals surface area contributed by atoms with E-state index < -0.39 is 0 Å². The fourth-order valence-corrected chi connectivity index (χ4v) is 3.65. The predicted molar refractivity (Wildman–Crippen MR) is 96.2 cm³/mol. The van der Waals surface area contributed by atoms with Gasteiger partial charge in [0.15, 0.2) is 0 Å². The van der Waals surface area contributed by atoms with Crippen LogP contribution in [0.5, 0.6) is 0 Å². The molecule has 2 aromatic rings. The number of aromatic nitrogens is 2. The summed E-state index contributed by atoms with van der Waals surface area (Å²) in [5.74, 6) is 1.01. The molecule has 0 saturated carbocycles. The summed E-state index contributed by atoms with van der Waals surface area (Å²) >= 11 is 1.62. The zero-order valence-corrected chi connectivity index (χ0v) is 14.9. The molecule has 1 aliphatic rings. The van der Waals surface area contributed by atoms with Gasteiger partial charge in [-0.3, -0.25) is 4.79 Å². The number of benzene rings is 1. The van der Waals surface area contributed by atoms with Crippen LogP contribution >= 0.6 is 11.8 Å². The number of anilines is 1. The first kappa shape index (κ1) is 16.8. The van der Waals surface area contributed by atoms with E-state index in [-0.39, 0.29) is 5.91 Å². The number of carbonyl (C=O) groups excluding carboxylic acids is 1. The van der Waals surface area contributed by atoms with Gasteiger partial charge in [-0.2, -0.15) is 0 Å². The van der Waals surface area contributed by atoms with Crippen LogP contribution in [-0.4, -0.2) is 40.9 Å². The van der Waals surface area contributed by atoms with E-state index in [9.17, 15) is 4.79 Å². The van der Waals surface area contributed by atoms with Crippen LogP contribution in [0.1, 0.15) is 25.3 Å². The molecular weight excluding hydrogens is 320 g/mol. The maximum absolute atomic E-state index is 12.5. The maximum atomic E-state index is 12.5. The van der Waals surface area contributed by atoms with Gasteiger partial charge in [0.05, 0.1) is 13.1 Å². The van der Waals surface area contributed by atoms with Crippen molar-refractivity contribution in [1.29, 1.82) is 0 Å². The number of hydrogen-bond donors (Lipinski definition) is 0. The Morgan fingerprint density at radius 2 is 1.96 bits per heavy atom. The minimum atomic E-state index is 0.152. The third-order valence-corrected chi connectivity index (χ3v) is 5.11. The summed E-state index contributed by atoms with van der Waals surface area (Å²) < 4.78 is 0. The van der Waals surface area contributed by atoms with Gasteiger partial charge in [-0.1, -0.05) is 43.3 Å².